The molecule has 2 rings (SSSR count). The number of carbonyl (C=O) groups excluding carboxylic acids is 1. The normalized spacial score (nSPS) is 14.9. The van der Waals surface area contributed by atoms with E-state index in [1.54, 1.807) is 0 Å². The predicted octanol–water partition coefficient (Wildman–Crippen LogP) is 1.74. The molecule has 1 unspecified atom stereocenters. The van der Waals surface area contributed by atoms with Crippen molar-refractivity contribution >= 4 is 12.0 Å². The molecule has 1 aliphatic heterocycles. The molecule has 0 spiro atoms. The predicted molar refractivity (Wildman–Crippen MR) is 73.8 cm³/mol. The Balaban J connectivity index is 2.07. The summed E-state index contributed by atoms with van der Waals surface area (Å²) in [6, 6.07) is 7.65. The fraction of sp³-hybridized carbons (Fsp3) is 0.400. The Morgan fingerprint density at radius 2 is 2.26 bits per heavy atom. The number of benzene rings is 1. The van der Waals surface area contributed by atoms with E-state index in [-0.39, 0.29) is 18.6 Å². The summed E-state index contributed by atoms with van der Waals surface area (Å²) in [6.45, 7) is 2.36. The summed E-state index contributed by atoms with van der Waals surface area (Å²) in [5.41, 5.74) is 1.55. The SMILES string of the molecule is CCC(CCO)NC(=O)C1=Cc2ccccc2OC1. The first-order valence-electron chi connectivity index (χ1n) is 6.58. The molecule has 1 aromatic rings. The van der Waals surface area contributed by atoms with Crippen LogP contribution in [-0.2, 0) is 4.79 Å². The summed E-state index contributed by atoms with van der Waals surface area (Å²) in [6.07, 6.45) is 3.24. The molecule has 0 radical (unpaired) electrons. The highest BCUT2D eigenvalue weighted by molar-refractivity contribution is 5.99. The molecule has 0 aliphatic carbocycles. The number of amides is 1. The van der Waals surface area contributed by atoms with Crippen LogP contribution in [0.15, 0.2) is 29.8 Å². The van der Waals surface area contributed by atoms with Crippen LogP contribution in [0.4, 0.5) is 0 Å². The average molecular weight is 261 g/mol. The molecule has 0 fully saturated rings. The van der Waals surface area contributed by atoms with E-state index in [4.69, 9.17) is 9.84 Å². The van der Waals surface area contributed by atoms with Gasteiger partial charge in [0.15, 0.2) is 0 Å². The van der Waals surface area contributed by atoms with Crippen LogP contribution in [0.25, 0.3) is 6.08 Å². The third-order valence-electron chi connectivity index (χ3n) is 3.23. The van der Waals surface area contributed by atoms with Gasteiger partial charge in [0.1, 0.15) is 12.4 Å². The number of hydrogen-bond acceptors (Lipinski definition) is 3. The lowest BCUT2D eigenvalue weighted by molar-refractivity contribution is -0.118. The van der Waals surface area contributed by atoms with E-state index >= 15 is 0 Å². The molecule has 4 nitrogen and oxygen atoms in total. The van der Waals surface area contributed by atoms with Gasteiger partial charge in [-0.15, -0.1) is 0 Å². The molecule has 0 bridgehead atoms. The van der Waals surface area contributed by atoms with Crippen molar-refractivity contribution in [2.75, 3.05) is 13.2 Å². The first kappa shape index (κ1) is 13.6. The fourth-order valence-electron chi connectivity index (χ4n) is 2.06. The lowest BCUT2D eigenvalue weighted by Gasteiger charge is -2.20. The van der Waals surface area contributed by atoms with E-state index in [9.17, 15) is 4.79 Å². The molecule has 2 N–H and O–H groups in total. The Kier molecular flexibility index (Phi) is 4.58. The topological polar surface area (TPSA) is 58.6 Å². The molecule has 19 heavy (non-hydrogen) atoms. The Hall–Kier alpha value is -1.81. The summed E-state index contributed by atoms with van der Waals surface area (Å²) in [7, 11) is 0. The Morgan fingerprint density at radius 3 is 3.00 bits per heavy atom. The molecule has 0 saturated heterocycles. The summed E-state index contributed by atoms with van der Waals surface area (Å²) < 4.78 is 5.55. The maximum absolute atomic E-state index is 12.1. The number of rotatable bonds is 5. The standard InChI is InChI=1S/C15H19NO3/c1-2-13(7-8-17)16-15(18)12-9-11-5-3-4-6-14(11)19-10-12/h3-6,9,13,17H,2,7-8,10H2,1H3,(H,16,18). The van der Waals surface area contributed by atoms with Crippen molar-refractivity contribution in [3.05, 3.63) is 35.4 Å². The minimum absolute atomic E-state index is 0.00979. The minimum atomic E-state index is -0.116. The second-order valence-corrected chi connectivity index (χ2v) is 4.59. The van der Waals surface area contributed by atoms with Crippen molar-refractivity contribution in [2.45, 2.75) is 25.8 Å². The van der Waals surface area contributed by atoms with Gasteiger partial charge in [-0.3, -0.25) is 4.79 Å². The molecule has 1 aliphatic rings. The van der Waals surface area contributed by atoms with Gasteiger partial charge >= 0.3 is 0 Å². The number of fused-ring (bicyclic) bond motifs is 1. The third kappa shape index (κ3) is 3.35. The second-order valence-electron chi connectivity index (χ2n) is 4.59. The summed E-state index contributed by atoms with van der Waals surface area (Å²) >= 11 is 0. The van der Waals surface area contributed by atoms with Crippen LogP contribution in [0.3, 0.4) is 0 Å². The average Bonchev–Trinajstić information content (AvgIpc) is 2.46. The molecule has 1 atom stereocenters. The first-order chi connectivity index (χ1) is 9.24. The minimum Gasteiger partial charge on any atom is -0.488 e. The second kappa shape index (κ2) is 6.38. The lowest BCUT2D eigenvalue weighted by Crippen LogP contribution is -2.37. The van der Waals surface area contributed by atoms with Gasteiger partial charge in [0, 0.05) is 18.2 Å². The van der Waals surface area contributed by atoms with Crippen LogP contribution in [0.5, 0.6) is 5.75 Å². The van der Waals surface area contributed by atoms with Gasteiger partial charge in [-0.1, -0.05) is 25.1 Å². The zero-order chi connectivity index (χ0) is 13.7. The molecule has 0 saturated carbocycles. The number of carbonyl (C=O) groups is 1. The zero-order valence-electron chi connectivity index (χ0n) is 11.1. The van der Waals surface area contributed by atoms with Crippen molar-refractivity contribution in [1.29, 1.82) is 0 Å². The smallest absolute Gasteiger partial charge is 0.250 e. The zero-order valence-corrected chi connectivity index (χ0v) is 11.1. The van der Waals surface area contributed by atoms with Crippen LogP contribution >= 0.6 is 0 Å². The molecule has 1 heterocycles. The molecule has 1 amide bonds. The van der Waals surface area contributed by atoms with Crippen LogP contribution < -0.4 is 10.1 Å². The number of ether oxygens (including phenoxy) is 1. The fourth-order valence-corrected chi connectivity index (χ4v) is 2.06. The van der Waals surface area contributed by atoms with E-state index in [1.807, 2.05) is 37.3 Å². The van der Waals surface area contributed by atoms with Crippen molar-refractivity contribution in [3.63, 3.8) is 0 Å². The van der Waals surface area contributed by atoms with Gasteiger partial charge in [-0.25, -0.2) is 0 Å². The van der Waals surface area contributed by atoms with Crippen molar-refractivity contribution in [1.82, 2.24) is 5.32 Å². The molecule has 4 heteroatoms. The lowest BCUT2D eigenvalue weighted by atomic mass is 10.1. The van der Waals surface area contributed by atoms with Crippen LogP contribution in [0, 0.1) is 0 Å². The number of hydrogen-bond donors (Lipinski definition) is 2. The van der Waals surface area contributed by atoms with Gasteiger partial charge in [0.25, 0.3) is 5.91 Å². The molecular formula is C15H19NO3. The van der Waals surface area contributed by atoms with Crippen molar-refractivity contribution < 1.29 is 14.6 Å². The highest BCUT2D eigenvalue weighted by Gasteiger charge is 2.18. The molecule has 0 aromatic heterocycles. The van der Waals surface area contributed by atoms with Gasteiger partial charge in [0.05, 0.1) is 5.57 Å². The van der Waals surface area contributed by atoms with Crippen molar-refractivity contribution in [3.8, 4) is 5.75 Å². The van der Waals surface area contributed by atoms with Gasteiger partial charge in [-0.2, -0.15) is 0 Å². The van der Waals surface area contributed by atoms with Crippen molar-refractivity contribution in [2.24, 2.45) is 0 Å². The third-order valence-corrected chi connectivity index (χ3v) is 3.23. The first-order valence-corrected chi connectivity index (χ1v) is 6.58. The van der Waals surface area contributed by atoms with E-state index in [0.29, 0.717) is 18.6 Å². The number of aliphatic hydroxyl groups excluding tert-OH is 1. The maximum Gasteiger partial charge on any atom is 0.250 e. The molecular weight excluding hydrogens is 242 g/mol. The van der Waals surface area contributed by atoms with E-state index < -0.39 is 0 Å². The highest BCUT2D eigenvalue weighted by Crippen LogP contribution is 2.25. The highest BCUT2D eigenvalue weighted by atomic mass is 16.5. The summed E-state index contributed by atoms with van der Waals surface area (Å²) in [4.78, 5) is 12.1. The summed E-state index contributed by atoms with van der Waals surface area (Å²) in [5.74, 6) is 0.691. The molecule has 1 aromatic carbocycles. The number of aliphatic hydroxyl groups is 1. The Labute approximate surface area is 113 Å². The quantitative estimate of drug-likeness (QED) is 0.848. The van der Waals surface area contributed by atoms with Crippen LogP contribution in [0.1, 0.15) is 25.3 Å². The van der Waals surface area contributed by atoms with E-state index in [0.717, 1.165) is 17.7 Å². The number of nitrogens with one attached hydrogen (secondary N) is 1. The van der Waals surface area contributed by atoms with Gasteiger partial charge in [-0.05, 0) is 25.0 Å². The van der Waals surface area contributed by atoms with Crippen LogP contribution in [0.2, 0.25) is 0 Å². The Morgan fingerprint density at radius 1 is 1.47 bits per heavy atom. The molecule has 102 valence electrons. The monoisotopic (exact) mass is 261 g/mol. The van der Waals surface area contributed by atoms with E-state index in [2.05, 4.69) is 5.32 Å². The Bertz CT molecular complexity index is 482. The number of para-hydroxylation sites is 1. The maximum atomic E-state index is 12.1. The van der Waals surface area contributed by atoms with Gasteiger partial charge < -0.3 is 15.2 Å². The van der Waals surface area contributed by atoms with Gasteiger partial charge in [0.2, 0.25) is 0 Å². The largest absolute Gasteiger partial charge is 0.488 e. The van der Waals surface area contributed by atoms with Crippen LogP contribution in [-0.4, -0.2) is 30.3 Å². The summed E-state index contributed by atoms with van der Waals surface area (Å²) in [5, 5.41) is 11.9. The van der Waals surface area contributed by atoms with E-state index in [1.165, 1.54) is 0 Å².